The molecule has 5 nitrogen and oxygen atoms in total. The van der Waals surface area contributed by atoms with Crippen LogP contribution in [0.1, 0.15) is 36.7 Å². The van der Waals surface area contributed by atoms with Crippen molar-refractivity contribution >= 4 is 17.7 Å². The first-order valence-electron chi connectivity index (χ1n) is 7.64. The van der Waals surface area contributed by atoms with E-state index < -0.39 is 17.7 Å². The van der Waals surface area contributed by atoms with Crippen molar-refractivity contribution in [1.82, 2.24) is 0 Å². The number of hydrogen-bond acceptors (Lipinski definition) is 4. The molecule has 0 unspecified atom stereocenters. The van der Waals surface area contributed by atoms with Gasteiger partial charge in [0.2, 0.25) is 0 Å². The van der Waals surface area contributed by atoms with Crippen LogP contribution in [-0.4, -0.2) is 17.7 Å². The fraction of sp³-hybridized carbons (Fsp3) is 0.263. The zero-order valence-electron chi connectivity index (χ0n) is 14.0. The zero-order chi connectivity index (χ0) is 17.6. The minimum absolute atomic E-state index is 0.179. The number of benzene rings is 2. The third kappa shape index (κ3) is 5.76. The third-order valence-electron chi connectivity index (χ3n) is 2.96. The first-order valence-corrected chi connectivity index (χ1v) is 7.64. The highest BCUT2D eigenvalue weighted by atomic mass is 16.6. The van der Waals surface area contributed by atoms with E-state index in [1.54, 1.807) is 45.0 Å². The topological polar surface area (TPSA) is 64.6 Å². The Morgan fingerprint density at radius 3 is 2.38 bits per heavy atom. The smallest absolute Gasteiger partial charge is 0.411 e. The number of carbonyl (C=O) groups excluding carboxylic acids is 2. The summed E-state index contributed by atoms with van der Waals surface area (Å²) in [5.41, 5.74) is 1.16. The van der Waals surface area contributed by atoms with Crippen molar-refractivity contribution in [2.75, 3.05) is 5.32 Å². The Balaban J connectivity index is 1.94. The van der Waals surface area contributed by atoms with Crippen molar-refractivity contribution in [3.8, 4) is 0 Å². The van der Waals surface area contributed by atoms with E-state index in [-0.39, 0.29) is 6.61 Å². The molecule has 0 atom stereocenters. The number of nitrogens with one attached hydrogen (secondary N) is 1. The molecule has 0 fully saturated rings. The highest BCUT2D eigenvalue weighted by Crippen LogP contribution is 2.16. The average Bonchev–Trinajstić information content (AvgIpc) is 2.52. The first kappa shape index (κ1) is 17.5. The van der Waals surface area contributed by atoms with E-state index in [0.29, 0.717) is 11.3 Å². The van der Waals surface area contributed by atoms with Crippen molar-refractivity contribution in [3.63, 3.8) is 0 Å². The molecule has 0 heterocycles. The normalized spacial score (nSPS) is 10.8. The van der Waals surface area contributed by atoms with Crippen molar-refractivity contribution in [2.24, 2.45) is 0 Å². The SMILES string of the molecule is CC(C)(C)OC(=O)c1cccc(NC(=O)OCc2ccccc2)c1. The fourth-order valence-corrected chi connectivity index (χ4v) is 1.94. The van der Waals surface area contributed by atoms with Gasteiger partial charge >= 0.3 is 12.1 Å². The second-order valence-electron chi connectivity index (χ2n) is 6.27. The highest BCUT2D eigenvalue weighted by molar-refractivity contribution is 5.92. The second-order valence-corrected chi connectivity index (χ2v) is 6.27. The molecule has 0 radical (unpaired) electrons. The maximum absolute atomic E-state index is 12.0. The monoisotopic (exact) mass is 327 g/mol. The summed E-state index contributed by atoms with van der Waals surface area (Å²) in [6.07, 6.45) is -0.583. The van der Waals surface area contributed by atoms with E-state index in [1.165, 1.54) is 0 Å². The maximum Gasteiger partial charge on any atom is 0.411 e. The number of carbonyl (C=O) groups is 2. The number of ether oxygens (including phenoxy) is 2. The standard InChI is InChI=1S/C19H21NO4/c1-19(2,3)24-17(21)15-10-7-11-16(12-15)20-18(22)23-13-14-8-5-4-6-9-14/h4-12H,13H2,1-3H3,(H,20,22). The first-order chi connectivity index (χ1) is 11.3. The quantitative estimate of drug-likeness (QED) is 0.846. The zero-order valence-corrected chi connectivity index (χ0v) is 14.0. The molecular weight excluding hydrogens is 306 g/mol. The summed E-state index contributed by atoms with van der Waals surface area (Å²) in [6.45, 7) is 5.58. The Hall–Kier alpha value is -2.82. The average molecular weight is 327 g/mol. The summed E-state index contributed by atoms with van der Waals surface area (Å²) in [7, 11) is 0. The Morgan fingerprint density at radius 1 is 1.00 bits per heavy atom. The van der Waals surface area contributed by atoms with Gasteiger partial charge in [0.1, 0.15) is 12.2 Å². The second kappa shape index (κ2) is 7.64. The lowest BCUT2D eigenvalue weighted by molar-refractivity contribution is 0.00695. The molecule has 0 aliphatic rings. The number of rotatable bonds is 4. The Bertz CT molecular complexity index is 705. The van der Waals surface area contributed by atoms with Crippen LogP contribution in [0, 0.1) is 0 Å². The third-order valence-corrected chi connectivity index (χ3v) is 2.96. The molecule has 0 spiro atoms. The Kier molecular flexibility index (Phi) is 5.58. The summed E-state index contributed by atoms with van der Waals surface area (Å²) in [6, 6.07) is 15.9. The fourth-order valence-electron chi connectivity index (χ4n) is 1.94. The van der Waals surface area contributed by atoms with Gasteiger partial charge in [0.25, 0.3) is 0 Å². The van der Waals surface area contributed by atoms with Crippen LogP contribution in [0.3, 0.4) is 0 Å². The largest absolute Gasteiger partial charge is 0.456 e. The summed E-state index contributed by atoms with van der Waals surface area (Å²) in [5, 5.41) is 2.60. The van der Waals surface area contributed by atoms with E-state index >= 15 is 0 Å². The van der Waals surface area contributed by atoms with Crippen molar-refractivity contribution in [1.29, 1.82) is 0 Å². The van der Waals surface area contributed by atoms with Crippen LogP contribution < -0.4 is 5.32 Å². The molecule has 5 heteroatoms. The summed E-state index contributed by atoms with van der Waals surface area (Å²) >= 11 is 0. The maximum atomic E-state index is 12.0. The molecule has 0 aliphatic carbocycles. The Morgan fingerprint density at radius 2 is 1.71 bits per heavy atom. The molecule has 1 N–H and O–H groups in total. The van der Waals surface area contributed by atoms with Crippen LogP contribution in [0.15, 0.2) is 54.6 Å². The molecule has 24 heavy (non-hydrogen) atoms. The molecule has 2 aromatic carbocycles. The van der Waals surface area contributed by atoms with Crippen LogP contribution in [0.4, 0.5) is 10.5 Å². The van der Waals surface area contributed by atoms with Gasteiger partial charge in [-0.2, -0.15) is 0 Å². The molecular formula is C19H21NO4. The van der Waals surface area contributed by atoms with Crippen LogP contribution in [-0.2, 0) is 16.1 Å². The number of esters is 1. The molecule has 126 valence electrons. The lowest BCUT2D eigenvalue weighted by Crippen LogP contribution is -2.24. The minimum atomic E-state index is -0.583. The lowest BCUT2D eigenvalue weighted by atomic mass is 10.1. The Labute approximate surface area is 141 Å². The van der Waals surface area contributed by atoms with E-state index in [0.717, 1.165) is 5.56 Å². The van der Waals surface area contributed by atoms with E-state index in [2.05, 4.69) is 5.32 Å². The van der Waals surface area contributed by atoms with Gasteiger partial charge in [-0.1, -0.05) is 36.4 Å². The van der Waals surface area contributed by atoms with Crippen LogP contribution in [0.25, 0.3) is 0 Å². The van der Waals surface area contributed by atoms with Gasteiger partial charge in [-0.05, 0) is 44.5 Å². The molecule has 2 rings (SSSR count). The van der Waals surface area contributed by atoms with Gasteiger partial charge in [0.15, 0.2) is 0 Å². The lowest BCUT2D eigenvalue weighted by Gasteiger charge is -2.19. The summed E-state index contributed by atoms with van der Waals surface area (Å²) in [4.78, 5) is 23.9. The number of anilines is 1. The predicted molar refractivity (Wildman–Crippen MR) is 91.9 cm³/mol. The molecule has 1 amide bonds. The van der Waals surface area contributed by atoms with Gasteiger partial charge in [-0.3, -0.25) is 5.32 Å². The van der Waals surface area contributed by atoms with Gasteiger partial charge in [0, 0.05) is 5.69 Å². The molecule has 0 saturated heterocycles. The minimum Gasteiger partial charge on any atom is -0.456 e. The molecule has 2 aromatic rings. The van der Waals surface area contributed by atoms with E-state index in [9.17, 15) is 9.59 Å². The van der Waals surface area contributed by atoms with Crippen molar-refractivity contribution in [2.45, 2.75) is 33.0 Å². The van der Waals surface area contributed by atoms with Crippen LogP contribution in [0.2, 0.25) is 0 Å². The molecule has 0 aliphatic heterocycles. The van der Waals surface area contributed by atoms with Gasteiger partial charge in [-0.25, -0.2) is 9.59 Å². The van der Waals surface area contributed by atoms with Gasteiger partial charge < -0.3 is 9.47 Å². The number of hydrogen-bond donors (Lipinski definition) is 1. The van der Waals surface area contributed by atoms with Gasteiger partial charge in [-0.15, -0.1) is 0 Å². The summed E-state index contributed by atoms with van der Waals surface area (Å²) < 4.78 is 10.5. The van der Waals surface area contributed by atoms with Crippen molar-refractivity contribution in [3.05, 3.63) is 65.7 Å². The molecule has 0 saturated carbocycles. The summed E-state index contributed by atoms with van der Waals surface area (Å²) in [5.74, 6) is -0.441. The molecule has 0 aromatic heterocycles. The highest BCUT2D eigenvalue weighted by Gasteiger charge is 2.18. The van der Waals surface area contributed by atoms with Crippen molar-refractivity contribution < 1.29 is 19.1 Å². The predicted octanol–water partition coefficient (Wildman–Crippen LogP) is 4.39. The van der Waals surface area contributed by atoms with Gasteiger partial charge in [0.05, 0.1) is 5.56 Å². The van der Waals surface area contributed by atoms with E-state index in [1.807, 2.05) is 30.3 Å². The number of amides is 1. The molecule has 0 bridgehead atoms. The van der Waals surface area contributed by atoms with Crippen LogP contribution in [0.5, 0.6) is 0 Å². The van der Waals surface area contributed by atoms with Crippen LogP contribution >= 0.6 is 0 Å². The van der Waals surface area contributed by atoms with E-state index in [4.69, 9.17) is 9.47 Å².